The molecule has 1 aromatic rings. The minimum absolute atomic E-state index is 0.0306. The largest absolute Gasteiger partial charge is 0.356 e. The Labute approximate surface area is 179 Å². The second-order valence-corrected chi connectivity index (χ2v) is 10.2. The van der Waals surface area contributed by atoms with Crippen LogP contribution >= 0.6 is 0 Å². The molecule has 8 heteroatoms. The number of carbonyl (C=O) groups excluding carboxylic acids is 2. The normalized spacial score (nSPS) is 19.2. The number of hydrogen-bond acceptors (Lipinski definition) is 4. The minimum atomic E-state index is -3.63. The number of amides is 2. The van der Waals surface area contributed by atoms with Gasteiger partial charge in [-0.05, 0) is 67.7 Å². The first kappa shape index (κ1) is 22.7. The number of sulfonamides is 1. The van der Waals surface area contributed by atoms with Gasteiger partial charge in [0.15, 0.2) is 0 Å². The summed E-state index contributed by atoms with van der Waals surface area (Å²) in [5.74, 6) is 0.332. The first-order chi connectivity index (χ1) is 14.3. The van der Waals surface area contributed by atoms with E-state index in [0.717, 1.165) is 57.2 Å². The maximum atomic E-state index is 12.5. The van der Waals surface area contributed by atoms with Crippen molar-refractivity contribution in [2.45, 2.75) is 63.2 Å². The zero-order valence-electron chi connectivity index (χ0n) is 17.8. The van der Waals surface area contributed by atoms with Crippen molar-refractivity contribution in [3.8, 4) is 0 Å². The van der Waals surface area contributed by atoms with Crippen LogP contribution in [0, 0.1) is 5.92 Å². The second kappa shape index (κ2) is 10.4. The molecule has 0 radical (unpaired) electrons. The van der Waals surface area contributed by atoms with Crippen molar-refractivity contribution in [3.05, 3.63) is 29.3 Å². The highest BCUT2D eigenvalue weighted by atomic mass is 32.2. The van der Waals surface area contributed by atoms with Crippen molar-refractivity contribution in [2.24, 2.45) is 5.92 Å². The third-order valence-corrected chi connectivity index (χ3v) is 7.40. The van der Waals surface area contributed by atoms with Crippen molar-refractivity contribution >= 4 is 21.8 Å². The van der Waals surface area contributed by atoms with Gasteiger partial charge in [0.25, 0.3) is 0 Å². The average molecular weight is 436 g/mol. The van der Waals surface area contributed by atoms with E-state index < -0.39 is 10.0 Å². The molecule has 1 aliphatic heterocycles. The lowest BCUT2D eigenvalue weighted by atomic mass is 9.92. The molecule has 2 aliphatic rings. The topological polar surface area (TPSA) is 95.6 Å². The number of fused-ring (bicyclic) bond motifs is 1. The Kier molecular flexibility index (Phi) is 7.88. The summed E-state index contributed by atoms with van der Waals surface area (Å²) in [6.07, 6.45) is 6.65. The Morgan fingerprint density at radius 3 is 2.60 bits per heavy atom. The predicted octanol–water partition coefficient (Wildman–Crippen LogP) is 2.00. The van der Waals surface area contributed by atoms with Crippen molar-refractivity contribution in [2.75, 3.05) is 26.2 Å². The number of carbonyl (C=O) groups is 2. The molecule has 1 fully saturated rings. The smallest absolute Gasteiger partial charge is 0.240 e. The van der Waals surface area contributed by atoms with Gasteiger partial charge in [-0.1, -0.05) is 13.0 Å². The summed E-state index contributed by atoms with van der Waals surface area (Å²) in [6, 6.07) is 5.29. The van der Waals surface area contributed by atoms with E-state index in [0.29, 0.717) is 5.92 Å². The van der Waals surface area contributed by atoms with Crippen LogP contribution in [-0.4, -0.2) is 51.3 Å². The first-order valence-electron chi connectivity index (χ1n) is 11.0. The Bertz CT molecular complexity index is 869. The van der Waals surface area contributed by atoms with E-state index in [2.05, 4.69) is 17.0 Å². The fourth-order valence-electron chi connectivity index (χ4n) is 4.23. The molecule has 0 bridgehead atoms. The molecule has 3 rings (SSSR count). The van der Waals surface area contributed by atoms with Crippen LogP contribution in [0.15, 0.2) is 23.1 Å². The summed E-state index contributed by atoms with van der Waals surface area (Å²) in [5, 5.41) is 2.71. The maximum Gasteiger partial charge on any atom is 0.240 e. The summed E-state index contributed by atoms with van der Waals surface area (Å²) in [6.45, 7) is 4.04. The van der Waals surface area contributed by atoms with Gasteiger partial charge in [-0.15, -0.1) is 0 Å². The molecule has 0 spiro atoms. The van der Waals surface area contributed by atoms with E-state index in [4.69, 9.17) is 0 Å². The fraction of sp³-hybridized carbons (Fsp3) is 0.636. The highest BCUT2D eigenvalue weighted by molar-refractivity contribution is 7.89. The number of nitrogens with zero attached hydrogens (tertiary/aromatic N) is 1. The van der Waals surface area contributed by atoms with E-state index in [1.807, 2.05) is 11.0 Å². The lowest BCUT2D eigenvalue weighted by Gasteiger charge is -2.31. The fourth-order valence-corrected chi connectivity index (χ4v) is 5.31. The quantitative estimate of drug-likeness (QED) is 0.653. The van der Waals surface area contributed by atoms with E-state index >= 15 is 0 Å². The monoisotopic (exact) mass is 435 g/mol. The lowest BCUT2D eigenvalue weighted by molar-refractivity contribution is -0.132. The van der Waals surface area contributed by atoms with Crippen LogP contribution in [0.2, 0.25) is 0 Å². The minimum Gasteiger partial charge on any atom is -0.356 e. The zero-order valence-corrected chi connectivity index (χ0v) is 18.6. The number of rotatable bonds is 8. The van der Waals surface area contributed by atoms with Crippen LogP contribution in [0.1, 0.15) is 56.6 Å². The van der Waals surface area contributed by atoms with Crippen molar-refractivity contribution in [3.63, 3.8) is 0 Å². The summed E-state index contributed by atoms with van der Waals surface area (Å²) >= 11 is 0. The molecule has 1 unspecified atom stereocenters. The summed E-state index contributed by atoms with van der Waals surface area (Å²) in [7, 11) is -3.63. The molecule has 7 nitrogen and oxygen atoms in total. The Morgan fingerprint density at radius 2 is 1.83 bits per heavy atom. The first-order valence-corrected chi connectivity index (χ1v) is 12.5. The van der Waals surface area contributed by atoms with Gasteiger partial charge in [0.2, 0.25) is 21.8 Å². The van der Waals surface area contributed by atoms with Gasteiger partial charge in [0.05, 0.1) is 4.90 Å². The van der Waals surface area contributed by atoms with E-state index in [1.54, 1.807) is 12.1 Å². The third kappa shape index (κ3) is 6.28. The number of likely N-dealkylation sites (tertiary alicyclic amines) is 1. The van der Waals surface area contributed by atoms with Gasteiger partial charge < -0.3 is 10.2 Å². The SMILES string of the molecule is CC1CCCN(C(=O)CCNC(=O)CCNS(=O)(=O)c2ccc3c(c2)CCCC3)C1. The molecule has 166 valence electrons. The molecule has 1 aromatic carbocycles. The number of hydrogen-bond donors (Lipinski definition) is 2. The van der Waals surface area contributed by atoms with Crippen LogP contribution in [0.5, 0.6) is 0 Å². The number of nitrogens with one attached hydrogen (secondary N) is 2. The highest BCUT2D eigenvalue weighted by Gasteiger charge is 2.21. The summed E-state index contributed by atoms with van der Waals surface area (Å²) in [5.41, 5.74) is 2.34. The Balaban J connectivity index is 1.38. The molecule has 30 heavy (non-hydrogen) atoms. The molecule has 2 N–H and O–H groups in total. The lowest BCUT2D eigenvalue weighted by Crippen LogP contribution is -2.40. The van der Waals surface area contributed by atoms with Gasteiger partial charge in [-0.25, -0.2) is 13.1 Å². The van der Waals surface area contributed by atoms with Crippen molar-refractivity contribution < 1.29 is 18.0 Å². The van der Waals surface area contributed by atoms with Crippen molar-refractivity contribution in [1.82, 2.24) is 14.9 Å². The molecule has 1 heterocycles. The summed E-state index contributed by atoms with van der Waals surface area (Å²) in [4.78, 5) is 26.3. The van der Waals surface area contributed by atoms with Crippen LogP contribution in [0.25, 0.3) is 0 Å². The standard InChI is InChI=1S/C22H33N3O4S/c1-17-5-4-14-25(16-17)22(27)11-12-23-21(26)10-13-24-30(28,29)20-9-8-18-6-2-3-7-19(18)15-20/h8-9,15,17,24H,2-7,10-14,16H2,1H3,(H,23,26). The zero-order chi connectivity index (χ0) is 21.6. The maximum absolute atomic E-state index is 12.5. The van der Waals surface area contributed by atoms with Crippen LogP contribution < -0.4 is 10.0 Å². The predicted molar refractivity (Wildman–Crippen MR) is 115 cm³/mol. The Hall–Kier alpha value is -1.93. The average Bonchev–Trinajstić information content (AvgIpc) is 2.73. The number of piperidine rings is 1. The highest BCUT2D eigenvalue weighted by Crippen LogP contribution is 2.24. The van der Waals surface area contributed by atoms with Crippen LogP contribution in [0.3, 0.4) is 0 Å². The molecular weight excluding hydrogens is 402 g/mol. The summed E-state index contributed by atoms with van der Waals surface area (Å²) < 4.78 is 27.5. The Morgan fingerprint density at radius 1 is 1.07 bits per heavy atom. The van der Waals surface area contributed by atoms with E-state index in [9.17, 15) is 18.0 Å². The van der Waals surface area contributed by atoms with Gasteiger partial charge in [-0.3, -0.25) is 9.59 Å². The molecule has 0 aromatic heterocycles. The molecule has 1 aliphatic carbocycles. The third-order valence-electron chi connectivity index (χ3n) is 5.95. The van der Waals surface area contributed by atoms with Gasteiger partial charge >= 0.3 is 0 Å². The molecular formula is C22H33N3O4S. The van der Waals surface area contributed by atoms with Crippen LogP contribution in [-0.2, 0) is 32.5 Å². The van der Waals surface area contributed by atoms with Gasteiger partial charge in [0.1, 0.15) is 0 Å². The van der Waals surface area contributed by atoms with E-state index in [1.165, 1.54) is 5.56 Å². The van der Waals surface area contributed by atoms with Gasteiger partial charge in [0, 0.05) is 39.0 Å². The molecule has 1 atom stereocenters. The number of benzene rings is 1. The van der Waals surface area contributed by atoms with E-state index in [-0.39, 0.29) is 42.6 Å². The number of aryl methyl sites for hydroxylation is 2. The van der Waals surface area contributed by atoms with Crippen LogP contribution in [0.4, 0.5) is 0 Å². The molecule has 1 saturated heterocycles. The van der Waals surface area contributed by atoms with Gasteiger partial charge in [-0.2, -0.15) is 0 Å². The molecule has 2 amide bonds. The second-order valence-electron chi connectivity index (χ2n) is 8.47. The van der Waals surface area contributed by atoms with Crippen molar-refractivity contribution in [1.29, 1.82) is 0 Å². The molecule has 0 saturated carbocycles.